The highest BCUT2D eigenvalue weighted by Gasteiger charge is 2.08. The number of nitrogen functional groups attached to an aromatic ring is 1. The van der Waals surface area contributed by atoms with Crippen molar-refractivity contribution in [3.05, 3.63) is 11.5 Å². The number of hydrogen-bond donors (Lipinski definition) is 3. The molecule has 1 unspecified atom stereocenters. The monoisotopic (exact) mass is 216 g/mol. The first kappa shape index (κ1) is 11.0. The lowest BCUT2D eigenvalue weighted by Crippen LogP contribution is -2.24. The van der Waals surface area contributed by atoms with E-state index in [1.165, 1.54) is 6.20 Å². The molecule has 5 nitrogen and oxygen atoms in total. The van der Waals surface area contributed by atoms with Crippen LogP contribution in [0.3, 0.4) is 0 Å². The normalized spacial score (nSPS) is 12.5. The number of anilines is 2. The highest BCUT2D eigenvalue weighted by Crippen LogP contribution is 2.17. The summed E-state index contributed by atoms with van der Waals surface area (Å²) in [6, 6.07) is -0.0664. The lowest BCUT2D eigenvalue weighted by molar-refractivity contribution is 0.271. The molecule has 0 bridgehead atoms. The summed E-state index contributed by atoms with van der Waals surface area (Å²) in [5, 5.41) is 12.1. The first-order chi connectivity index (χ1) is 6.67. The van der Waals surface area contributed by atoms with Crippen LogP contribution in [0.5, 0.6) is 0 Å². The van der Waals surface area contributed by atoms with Crippen LogP contribution < -0.4 is 11.1 Å². The lowest BCUT2D eigenvalue weighted by Gasteiger charge is -2.15. The van der Waals surface area contributed by atoms with Crippen molar-refractivity contribution < 1.29 is 5.11 Å². The zero-order valence-corrected chi connectivity index (χ0v) is 8.62. The van der Waals surface area contributed by atoms with E-state index >= 15 is 0 Å². The van der Waals surface area contributed by atoms with Crippen LogP contribution in [0.2, 0.25) is 5.28 Å². The minimum atomic E-state index is -0.0664. The van der Waals surface area contributed by atoms with Gasteiger partial charge in [0.2, 0.25) is 5.28 Å². The van der Waals surface area contributed by atoms with Gasteiger partial charge in [0, 0.05) is 0 Å². The molecule has 0 amide bonds. The summed E-state index contributed by atoms with van der Waals surface area (Å²) in [7, 11) is 0. The molecular formula is C8H13ClN4O. The third-order valence-corrected chi connectivity index (χ3v) is 2.02. The van der Waals surface area contributed by atoms with Crippen LogP contribution >= 0.6 is 11.6 Å². The summed E-state index contributed by atoms with van der Waals surface area (Å²) in [4.78, 5) is 7.64. The number of aliphatic hydroxyl groups is 1. The fourth-order valence-corrected chi connectivity index (χ4v) is 1.09. The smallest absolute Gasteiger partial charge is 0.224 e. The zero-order valence-electron chi connectivity index (χ0n) is 7.87. The maximum absolute atomic E-state index is 8.97. The van der Waals surface area contributed by atoms with E-state index in [1.807, 2.05) is 6.92 Å². The Labute approximate surface area is 87.3 Å². The summed E-state index contributed by atoms with van der Waals surface area (Å²) in [5.74, 6) is 0.464. The second-order valence-corrected chi connectivity index (χ2v) is 3.21. The molecule has 1 aromatic heterocycles. The molecule has 0 aromatic carbocycles. The molecule has 14 heavy (non-hydrogen) atoms. The third kappa shape index (κ3) is 2.71. The second-order valence-electron chi connectivity index (χ2n) is 2.88. The number of rotatable bonds is 4. The van der Waals surface area contributed by atoms with E-state index < -0.39 is 0 Å². The minimum absolute atomic E-state index is 0.0254. The van der Waals surface area contributed by atoms with Crippen LogP contribution in [0.25, 0.3) is 0 Å². The van der Waals surface area contributed by atoms with Gasteiger partial charge in [-0.2, -0.15) is 4.98 Å². The third-order valence-electron chi connectivity index (χ3n) is 1.84. The number of nitrogens with one attached hydrogen (secondary N) is 1. The molecule has 1 aromatic rings. The Morgan fingerprint density at radius 2 is 2.43 bits per heavy atom. The van der Waals surface area contributed by atoms with Crippen LogP contribution in [-0.4, -0.2) is 27.7 Å². The molecule has 1 rings (SSSR count). The summed E-state index contributed by atoms with van der Waals surface area (Å²) < 4.78 is 0. The predicted octanol–water partition coefficient (Wildman–Crippen LogP) is 0.895. The maximum atomic E-state index is 8.97. The number of nitrogens with zero attached hydrogens (tertiary/aromatic N) is 2. The van der Waals surface area contributed by atoms with Crippen molar-refractivity contribution in [1.29, 1.82) is 0 Å². The van der Waals surface area contributed by atoms with Crippen molar-refractivity contribution in [2.75, 3.05) is 17.7 Å². The summed E-state index contributed by atoms with van der Waals surface area (Å²) >= 11 is 5.61. The van der Waals surface area contributed by atoms with Crippen molar-refractivity contribution in [2.45, 2.75) is 19.4 Å². The Morgan fingerprint density at radius 1 is 1.71 bits per heavy atom. The topological polar surface area (TPSA) is 84.1 Å². The fraction of sp³-hybridized carbons (Fsp3) is 0.500. The first-order valence-corrected chi connectivity index (χ1v) is 4.70. The van der Waals surface area contributed by atoms with Gasteiger partial charge in [-0.1, -0.05) is 6.92 Å². The van der Waals surface area contributed by atoms with E-state index in [9.17, 15) is 0 Å². The maximum Gasteiger partial charge on any atom is 0.224 e. The number of nitrogens with two attached hydrogens (primary N) is 1. The van der Waals surface area contributed by atoms with E-state index in [0.29, 0.717) is 11.5 Å². The van der Waals surface area contributed by atoms with Crippen LogP contribution in [0.4, 0.5) is 11.5 Å². The van der Waals surface area contributed by atoms with Crippen LogP contribution in [0.1, 0.15) is 13.3 Å². The van der Waals surface area contributed by atoms with Crippen LogP contribution in [-0.2, 0) is 0 Å². The van der Waals surface area contributed by atoms with Gasteiger partial charge in [0.05, 0.1) is 24.5 Å². The fourth-order valence-electron chi connectivity index (χ4n) is 0.955. The molecule has 0 aliphatic heterocycles. The Balaban J connectivity index is 2.79. The molecule has 0 spiro atoms. The van der Waals surface area contributed by atoms with Crippen molar-refractivity contribution in [3.8, 4) is 0 Å². The standard InChI is InChI=1S/C8H13ClN4O/c1-2-5(4-14)12-7-6(10)3-11-8(9)13-7/h3,5,14H,2,4,10H2,1H3,(H,11,12,13). The highest BCUT2D eigenvalue weighted by atomic mass is 35.5. The minimum Gasteiger partial charge on any atom is -0.394 e. The summed E-state index contributed by atoms with van der Waals surface area (Å²) in [6.07, 6.45) is 2.21. The van der Waals surface area contributed by atoms with Gasteiger partial charge in [-0.05, 0) is 18.0 Å². The largest absolute Gasteiger partial charge is 0.394 e. The van der Waals surface area contributed by atoms with Gasteiger partial charge in [0.1, 0.15) is 0 Å². The molecule has 0 saturated heterocycles. The number of aromatic nitrogens is 2. The van der Waals surface area contributed by atoms with Crippen molar-refractivity contribution in [1.82, 2.24) is 9.97 Å². The van der Waals surface area contributed by atoms with Gasteiger partial charge in [0.15, 0.2) is 5.82 Å². The molecule has 0 fully saturated rings. The predicted molar refractivity (Wildman–Crippen MR) is 56.2 cm³/mol. The second kappa shape index (κ2) is 4.97. The lowest BCUT2D eigenvalue weighted by atomic mass is 10.2. The Bertz CT molecular complexity index is 303. The van der Waals surface area contributed by atoms with Gasteiger partial charge >= 0.3 is 0 Å². The van der Waals surface area contributed by atoms with Gasteiger partial charge in [-0.3, -0.25) is 0 Å². The zero-order chi connectivity index (χ0) is 10.6. The van der Waals surface area contributed by atoms with E-state index in [4.69, 9.17) is 22.4 Å². The average Bonchev–Trinajstić information content (AvgIpc) is 2.19. The van der Waals surface area contributed by atoms with Crippen LogP contribution in [0, 0.1) is 0 Å². The average molecular weight is 217 g/mol. The molecule has 1 heterocycles. The van der Waals surface area contributed by atoms with Gasteiger partial charge in [0.25, 0.3) is 0 Å². The Morgan fingerprint density at radius 3 is 3.00 bits per heavy atom. The molecule has 78 valence electrons. The summed E-state index contributed by atoms with van der Waals surface area (Å²) in [6.45, 7) is 1.98. The van der Waals surface area contributed by atoms with Crippen LogP contribution in [0.15, 0.2) is 6.20 Å². The summed E-state index contributed by atoms with van der Waals surface area (Å²) in [5.41, 5.74) is 6.04. The quantitative estimate of drug-likeness (QED) is 0.652. The van der Waals surface area contributed by atoms with Gasteiger partial charge < -0.3 is 16.2 Å². The van der Waals surface area contributed by atoms with Crippen molar-refractivity contribution in [3.63, 3.8) is 0 Å². The molecule has 0 saturated carbocycles. The van der Waals surface area contributed by atoms with Gasteiger partial charge in [-0.15, -0.1) is 0 Å². The van der Waals surface area contributed by atoms with E-state index in [-0.39, 0.29) is 17.9 Å². The van der Waals surface area contributed by atoms with E-state index in [2.05, 4.69) is 15.3 Å². The number of hydrogen-bond acceptors (Lipinski definition) is 5. The van der Waals surface area contributed by atoms with Gasteiger partial charge in [-0.25, -0.2) is 4.98 Å². The number of aliphatic hydroxyl groups excluding tert-OH is 1. The Hall–Kier alpha value is -1.07. The van der Waals surface area contributed by atoms with Crippen molar-refractivity contribution >= 4 is 23.1 Å². The molecule has 0 aliphatic rings. The van der Waals surface area contributed by atoms with E-state index in [0.717, 1.165) is 6.42 Å². The molecule has 0 aliphatic carbocycles. The van der Waals surface area contributed by atoms with Crippen molar-refractivity contribution in [2.24, 2.45) is 0 Å². The molecule has 1 atom stereocenters. The molecule has 0 radical (unpaired) electrons. The number of halogens is 1. The Kier molecular flexibility index (Phi) is 3.91. The molecule has 4 N–H and O–H groups in total. The highest BCUT2D eigenvalue weighted by molar-refractivity contribution is 6.28. The molecular weight excluding hydrogens is 204 g/mol. The SMILES string of the molecule is CCC(CO)Nc1nc(Cl)ncc1N. The molecule has 6 heteroatoms. The first-order valence-electron chi connectivity index (χ1n) is 4.32. The van der Waals surface area contributed by atoms with E-state index in [1.54, 1.807) is 0 Å².